The van der Waals surface area contributed by atoms with Gasteiger partial charge in [0.2, 0.25) is 5.91 Å². The van der Waals surface area contributed by atoms with Crippen molar-refractivity contribution in [2.75, 3.05) is 6.54 Å². The molecule has 1 unspecified atom stereocenters. The Bertz CT molecular complexity index is 334. The van der Waals surface area contributed by atoms with Crippen molar-refractivity contribution in [1.82, 2.24) is 5.32 Å². The number of benzene rings is 1. The minimum atomic E-state index is 0.171. The minimum Gasteiger partial charge on any atom is -0.356 e. The Labute approximate surface area is 91.8 Å². The predicted octanol–water partition coefficient (Wildman–Crippen LogP) is 2.44. The summed E-state index contributed by atoms with van der Waals surface area (Å²) in [5.74, 6) is 0.570. The van der Waals surface area contributed by atoms with Crippen LogP contribution in [0.2, 0.25) is 0 Å². The third-order valence-electron chi connectivity index (χ3n) is 2.59. The van der Waals surface area contributed by atoms with Gasteiger partial charge in [-0.2, -0.15) is 0 Å². The van der Waals surface area contributed by atoms with E-state index in [1.807, 2.05) is 12.1 Å². The zero-order valence-electron chi connectivity index (χ0n) is 7.79. The van der Waals surface area contributed by atoms with Gasteiger partial charge in [-0.25, -0.2) is 0 Å². The number of carbonyl (C=O) groups excluding carboxylic acids is 1. The predicted molar refractivity (Wildman–Crippen MR) is 59.1 cm³/mol. The van der Waals surface area contributed by atoms with Gasteiger partial charge in [-0.05, 0) is 30.0 Å². The Morgan fingerprint density at radius 2 is 2.00 bits per heavy atom. The monoisotopic (exact) mass is 253 g/mol. The molecule has 1 aliphatic rings. The molecule has 0 saturated carbocycles. The highest BCUT2D eigenvalue weighted by Gasteiger charge is 2.19. The zero-order chi connectivity index (χ0) is 9.97. The summed E-state index contributed by atoms with van der Waals surface area (Å²) in [6.07, 6.45) is 1.68. The van der Waals surface area contributed by atoms with E-state index < -0.39 is 0 Å². The van der Waals surface area contributed by atoms with Crippen molar-refractivity contribution in [2.45, 2.75) is 18.8 Å². The molecule has 1 amide bonds. The van der Waals surface area contributed by atoms with Crippen LogP contribution >= 0.6 is 15.9 Å². The van der Waals surface area contributed by atoms with Crippen LogP contribution in [0.1, 0.15) is 24.3 Å². The molecule has 1 aliphatic heterocycles. The number of nitrogens with one attached hydrogen (secondary N) is 1. The number of carbonyl (C=O) groups is 1. The quantitative estimate of drug-likeness (QED) is 0.819. The van der Waals surface area contributed by atoms with Gasteiger partial charge in [-0.15, -0.1) is 0 Å². The molecule has 1 heterocycles. The van der Waals surface area contributed by atoms with Gasteiger partial charge in [-0.1, -0.05) is 28.1 Å². The van der Waals surface area contributed by atoms with Gasteiger partial charge in [0.1, 0.15) is 0 Å². The molecule has 1 fully saturated rings. The van der Waals surface area contributed by atoms with Crippen molar-refractivity contribution in [3.05, 3.63) is 34.3 Å². The van der Waals surface area contributed by atoms with E-state index in [1.165, 1.54) is 5.56 Å². The molecular weight excluding hydrogens is 242 g/mol. The average Bonchev–Trinajstić information content (AvgIpc) is 2.19. The Kier molecular flexibility index (Phi) is 2.87. The molecular formula is C11H12BrNO. The summed E-state index contributed by atoms with van der Waals surface area (Å²) in [4.78, 5) is 11.2. The molecule has 14 heavy (non-hydrogen) atoms. The van der Waals surface area contributed by atoms with Crippen molar-refractivity contribution >= 4 is 21.8 Å². The van der Waals surface area contributed by atoms with Crippen LogP contribution in [0.3, 0.4) is 0 Å². The fraction of sp³-hybridized carbons (Fsp3) is 0.364. The van der Waals surface area contributed by atoms with Gasteiger partial charge in [-0.3, -0.25) is 4.79 Å². The number of piperidine rings is 1. The first kappa shape index (κ1) is 9.71. The van der Waals surface area contributed by atoms with Crippen molar-refractivity contribution in [2.24, 2.45) is 0 Å². The summed E-state index contributed by atoms with van der Waals surface area (Å²) in [5, 5.41) is 2.84. The van der Waals surface area contributed by atoms with Crippen molar-refractivity contribution < 1.29 is 4.79 Å². The van der Waals surface area contributed by atoms with Crippen LogP contribution in [0.4, 0.5) is 0 Å². The second-order valence-electron chi connectivity index (χ2n) is 3.59. The van der Waals surface area contributed by atoms with E-state index >= 15 is 0 Å². The molecule has 0 radical (unpaired) electrons. The lowest BCUT2D eigenvalue weighted by atomic mass is 9.90. The largest absolute Gasteiger partial charge is 0.356 e. The van der Waals surface area contributed by atoms with E-state index in [4.69, 9.17) is 0 Å². The zero-order valence-corrected chi connectivity index (χ0v) is 9.38. The molecule has 1 aromatic rings. The third kappa shape index (κ3) is 2.15. The van der Waals surface area contributed by atoms with E-state index in [1.54, 1.807) is 0 Å². The second kappa shape index (κ2) is 4.13. The highest BCUT2D eigenvalue weighted by atomic mass is 79.9. The van der Waals surface area contributed by atoms with E-state index in [0.29, 0.717) is 12.3 Å². The van der Waals surface area contributed by atoms with Crippen LogP contribution in [0, 0.1) is 0 Å². The SMILES string of the molecule is O=C1CC(c2ccc(Br)cc2)CCN1. The van der Waals surface area contributed by atoms with Crippen LogP contribution in [-0.2, 0) is 4.79 Å². The average molecular weight is 254 g/mol. The summed E-state index contributed by atoms with van der Waals surface area (Å²) in [7, 11) is 0. The molecule has 0 aromatic heterocycles. The third-order valence-corrected chi connectivity index (χ3v) is 3.12. The highest BCUT2D eigenvalue weighted by molar-refractivity contribution is 9.10. The van der Waals surface area contributed by atoms with E-state index in [-0.39, 0.29) is 5.91 Å². The van der Waals surface area contributed by atoms with Crippen LogP contribution in [-0.4, -0.2) is 12.5 Å². The first-order valence-electron chi connectivity index (χ1n) is 4.78. The maximum atomic E-state index is 11.2. The van der Waals surface area contributed by atoms with E-state index in [2.05, 4.69) is 33.4 Å². The number of rotatable bonds is 1. The van der Waals surface area contributed by atoms with Crippen LogP contribution in [0.5, 0.6) is 0 Å². The van der Waals surface area contributed by atoms with Gasteiger partial charge in [0.05, 0.1) is 0 Å². The summed E-state index contributed by atoms with van der Waals surface area (Å²) >= 11 is 3.40. The highest BCUT2D eigenvalue weighted by Crippen LogP contribution is 2.26. The Morgan fingerprint density at radius 1 is 1.29 bits per heavy atom. The summed E-state index contributed by atoms with van der Waals surface area (Å²) in [6.45, 7) is 0.805. The lowest BCUT2D eigenvalue weighted by Gasteiger charge is -2.22. The molecule has 74 valence electrons. The lowest BCUT2D eigenvalue weighted by molar-refractivity contribution is -0.122. The normalized spacial score (nSPS) is 21.8. The van der Waals surface area contributed by atoms with Crippen molar-refractivity contribution in [3.8, 4) is 0 Å². The smallest absolute Gasteiger partial charge is 0.220 e. The molecule has 0 aliphatic carbocycles. The molecule has 1 saturated heterocycles. The molecule has 0 bridgehead atoms. The summed E-state index contributed by atoms with van der Waals surface area (Å²) in [6, 6.07) is 8.24. The van der Waals surface area contributed by atoms with Crippen LogP contribution in [0.25, 0.3) is 0 Å². The Balaban J connectivity index is 2.14. The first-order chi connectivity index (χ1) is 6.75. The molecule has 1 aromatic carbocycles. The fourth-order valence-electron chi connectivity index (χ4n) is 1.80. The summed E-state index contributed by atoms with van der Waals surface area (Å²) < 4.78 is 1.08. The maximum absolute atomic E-state index is 11.2. The van der Waals surface area contributed by atoms with Gasteiger partial charge in [0, 0.05) is 17.4 Å². The van der Waals surface area contributed by atoms with E-state index in [0.717, 1.165) is 17.4 Å². The van der Waals surface area contributed by atoms with Gasteiger partial charge in [0.25, 0.3) is 0 Å². The van der Waals surface area contributed by atoms with Gasteiger partial charge in [0.15, 0.2) is 0 Å². The molecule has 2 nitrogen and oxygen atoms in total. The lowest BCUT2D eigenvalue weighted by Crippen LogP contribution is -2.32. The van der Waals surface area contributed by atoms with Gasteiger partial charge < -0.3 is 5.32 Å². The molecule has 3 heteroatoms. The molecule has 2 rings (SSSR count). The molecule has 1 N–H and O–H groups in total. The summed E-state index contributed by atoms with van der Waals surface area (Å²) in [5.41, 5.74) is 1.27. The number of hydrogen-bond acceptors (Lipinski definition) is 1. The van der Waals surface area contributed by atoms with Crippen LogP contribution < -0.4 is 5.32 Å². The number of halogens is 1. The minimum absolute atomic E-state index is 0.171. The van der Waals surface area contributed by atoms with Crippen molar-refractivity contribution in [1.29, 1.82) is 0 Å². The topological polar surface area (TPSA) is 29.1 Å². The van der Waals surface area contributed by atoms with Gasteiger partial charge >= 0.3 is 0 Å². The standard InChI is InChI=1S/C11H12BrNO/c12-10-3-1-8(2-4-10)9-5-6-13-11(14)7-9/h1-4,9H,5-7H2,(H,13,14). The fourth-order valence-corrected chi connectivity index (χ4v) is 2.07. The van der Waals surface area contributed by atoms with Crippen LogP contribution in [0.15, 0.2) is 28.7 Å². The first-order valence-corrected chi connectivity index (χ1v) is 5.57. The van der Waals surface area contributed by atoms with Crippen molar-refractivity contribution in [3.63, 3.8) is 0 Å². The molecule has 0 spiro atoms. The molecule has 1 atom stereocenters. The number of hydrogen-bond donors (Lipinski definition) is 1. The Morgan fingerprint density at radius 3 is 2.64 bits per heavy atom. The number of amides is 1. The second-order valence-corrected chi connectivity index (χ2v) is 4.51. The Hall–Kier alpha value is -0.830. The van der Waals surface area contributed by atoms with E-state index in [9.17, 15) is 4.79 Å². The maximum Gasteiger partial charge on any atom is 0.220 e.